The van der Waals surface area contributed by atoms with Crippen LogP contribution in [0.4, 0.5) is 0 Å². The number of rotatable bonds is 7. The van der Waals surface area contributed by atoms with Gasteiger partial charge in [-0.25, -0.2) is 4.99 Å². The van der Waals surface area contributed by atoms with Crippen LogP contribution >= 0.6 is 0 Å². The molecule has 0 bridgehead atoms. The molecular weight excluding hydrogens is 338 g/mol. The third-order valence-electron chi connectivity index (χ3n) is 4.17. The summed E-state index contributed by atoms with van der Waals surface area (Å²) in [6.07, 6.45) is 0. The van der Waals surface area contributed by atoms with Crippen LogP contribution in [0.5, 0.6) is 0 Å². The average molecular weight is 363 g/mol. The molecule has 1 heterocycles. The Labute approximate surface area is 159 Å². The molecule has 0 unspecified atom stereocenters. The molecule has 0 atom stereocenters. The van der Waals surface area contributed by atoms with Gasteiger partial charge in [0.25, 0.3) is 0 Å². The molecular formula is C21H25N5O. The topological polar surface area (TPSA) is 75.3 Å². The van der Waals surface area contributed by atoms with Gasteiger partial charge in [0.2, 0.25) is 5.89 Å². The number of nitrogens with zero attached hydrogens (tertiary/aromatic N) is 3. The van der Waals surface area contributed by atoms with Gasteiger partial charge in [-0.3, -0.25) is 0 Å². The van der Waals surface area contributed by atoms with Crippen LogP contribution in [0.15, 0.2) is 70.2 Å². The van der Waals surface area contributed by atoms with Crippen LogP contribution < -0.4 is 10.6 Å². The van der Waals surface area contributed by atoms with Crippen molar-refractivity contribution in [2.45, 2.75) is 26.3 Å². The minimum atomic E-state index is 0.226. The first-order chi connectivity index (χ1) is 13.3. The second kappa shape index (κ2) is 9.52. The highest BCUT2D eigenvalue weighted by atomic mass is 16.5. The van der Waals surface area contributed by atoms with Gasteiger partial charge in [0.05, 0.1) is 0 Å². The molecule has 2 aromatic carbocycles. The van der Waals surface area contributed by atoms with Crippen LogP contribution in [-0.2, 0) is 6.54 Å². The van der Waals surface area contributed by atoms with Gasteiger partial charge in [0.15, 0.2) is 11.8 Å². The molecule has 0 aliphatic heterocycles. The molecule has 0 saturated carbocycles. The summed E-state index contributed by atoms with van der Waals surface area (Å²) in [4.78, 5) is 8.76. The predicted molar refractivity (Wildman–Crippen MR) is 107 cm³/mol. The Balaban J connectivity index is 1.73. The fourth-order valence-electron chi connectivity index (χ4n) is 2.89. The quantitative estimate of drug-likeness (QED) is 0.498. The minimum Gasteiger partial charge on any atom is -0.357 e. The molecule has 0 aliphatic carbocycles. The molecule has 6 nitrogen and oxygen atoms in total. The maximum Gasteiger partial charge on any atom is 0.223 e. The molecule has 3 rings (SSSR count). The number of guanidine groups is 1. The Bertz CT molecular complexity index is 806. The number of nitrogens with one attached hydrogen (secondary N) is 2. The molecule has 0 fully saturated rings. The lowest BCUT2D eigenvalue weighted by atomic mass is 9.91. The Morgan fingerprint density at radius 2 is 1.63 bits per heavy atom. The van der Waals surface area contributed by atoms with Gasteiger partial charge in [0, 0.05) is 25.9 Å². The van der Waals surface area contributed by atoms with Gasteiger partial charge in [-0.05, 0) is 18.1 Å². The van der Waals surface area contributed by atoms with Crippen LogP contribution in [0.1, 0.15) is 35.7 Å². The van der Waals surface area contributed by atoms with E-state index < -0.39 is 0 Å². The first kappa shape index (κ1) is 18.6. The third-order valence-corrected chi connectivity index (χ3v) is 4.17. The smallest absolute Gasteiger partial charge is 0.223 e. The Morgan fingerprint density at radius 3 is 2.15 bits per heavy atom. The highest BCUT2D eigenvalue weighted by Crippen LogP contribution is 2.23. The SMILES string of the molecule is CCNC(=NCc1noc(C)n1)NCC(c1ccccc1)c1ccccc1. The summed E-state index contributed by atoms with van der Waals surface area (Å²) in [5.41, 5.74) is 2.53. The summed E-state index contributed by atoms with van der Waals surface area (Å²) in [5, 5.41) is 10.6. The van der Waals surface area contributed by atoms with E-state index in [4.69, 9.17) is 4.52 Å². The molecule has 2 N–H and O–H groups in total. The number of aromatic nitrogens is 2. The van der Waals surface area contributed by atoms with E-state index in [1.54, 1.807) is 6.92 Å². The molecule has 0 spiro atoms. The largest absolute Gasteiger partial charge is 0.357 e. The van der Waals surface area contributed by atoms with Crippen molar-refractivity contribution >= 4 is 5.96 Å². The van der Waals surface area contributed by atoms with E-state index in [1.807, 2.05) is 19.1 Å². The molecule has 27 heavy (non-hydrogen) atoms. The summed E-state index contributed by atoms with van der Waals surface area (Å²) >= 11 is 0. The van der Waals surface area contributed by atoms with Gasteiger partial charge < -0.3 is 15.2 Å². The zero-order chi connectivity index (χ0) is 18.9. The van der Waals surface area contributed by atoms with Crippen molar-refractivity contribution in [2.24, 2.45) is 4.99 Å². The average Bonchev–Trinajstić information content (AvgIpc) is 3.13. The zero-order valence-corrected chi connectivity index (χ0v) is 15.7. The maximum atomic E-state index is 5.00. The summed E-state index contributed by atoms with van der Waals surface area (Å²) in [6.45, 7) is 5.69. The second-order valence-electron chi connectivity index (χ2n) is 6.18. The standard InChI is InChI=1S/C21H25N5O/c1-3-22-21(24-15-20-25-16(2)27-26-20)23-14-19(17-10-6-4-7-11-17)18-12-8-5-9-13-18/h4-13,19H,3,14-15H2,1-2H3,(H2,22,23,24). The normalized spacial score (nSPS) is 11.6. The Hall–Kier alpha value is -3.15. The summed E-state index contributed by atoms with van der Waals surface area (Å²) in [7, 11) is 0. The molecule has 140 valence electrons. The Morgan fingerprint density at radius 1 is 1.00 bits per heavy atom. The third kappa shape index (κ3) is 5.41. The van der Waals surface area contributed by atoms with Crippen molar-refractivity contribution in [3.63, 3.8) is 0 Å². The lowest BCUT2D eigenvalue weighted by Crippen LogP contribution is -2.39. The highest BCUT2D eigenvalue weighted by molar-refractivity contribution is 5.79. The van der Waals surface area contributed by atoms with E-state index in [0.29, 0.717) is 18.3 Å². The van der Waals surface area contributed by atoms with Crippen molar-refractivity contribution in [1.82, 2.24) is 20.8 Å². The maximum absolute atomic E-state index is 5.00. The molecule has 3 aromatic rings. The number of aliphatic imine (C=N–C) groups is 1. The first-order valence-electron chi connectivity index (χ1n) is 9.17. The van der Waals surface area contributed by atoms with Gasteiger partial charge in [-0.2, -0.15) is 4.98 Å². The number of benzene rings is 2. The summed E-state index contributed by atoms with van der Waals surface area (Å²) < 4.78 is 5.00. The predicted octanol–water partition coefficient (Wildman–Crippen LogP) is 3.27. The van der Waals surface area contributed by atoms with E-state index in [9.17, 15) is 0 Å². The molecule has 0 radical (unpaired) electrons. The van der Waals surface area contributed by atoms with Crippen molar-refractivity contribution < 1.29 is 4.52 Å². The van der Waals surface area contributed by atoms with Crippen LogP contribution in [0.25, 0.3) is 0 Å². The fraction of sp³-hybridized carbons (Fsp3) is 0.286. The monoisotopic (exact) mass is 363 g/mol. The fourth-order valence-corrected chi connectivity index (χ4v) is 2.89. The minimum absolute atomic E-state index is 0.226. The van der Waals surface area contributed by atoms with Gasteiger partial charge in [-0.1, -0.05) is 65.8 Å². The molecule has 0 aliphatic rings. The highest BCUT2D eigenvalue weighted by Gasteiger charge is 2.14. The van der Waals surface area contributed by atoms with E-state index in [1.165, 1.54) is 11.1 Å². The molecule has 0 amide bonds. The number of hydrogen-bond donors (Lipinski definition) is 2. The molecule has 6 heteroatoms. The van der Waals surface area contributed by atoms with E-state index in [-0.39, 0.29) is 5.92 Å². The lowest BCUT2D eigenvalue weighted by molar-refractivity contribution is 0.387. The van der Waals surface area contributed by atoms with Crippen LogP contribution in [0.2, 0.25) is 0 Å². The van der Waals surface area contributed by atoms with Crippen molar-refractivity contribution in [3.05, 3.63) is 83.5 Å². The Kier molecular flexibility index (Phi) is 6.57. The van der Waals surface area contributed by atoms with E-state index in [2.05, 4.69) is 74.3 Å². The van der Waals surface area contributed by atoms with Gasteiger partial charge >= 0.3 is 0 Å². The van der Waals surface area contributed by atoms with Gasteiger partial charge in [-0.15, -0.1) is 0 Å². The van der Waals surface area contributed by atoms with E-state index >= 15 is 0 Å². The van der Waals surface area contributed by atoms with Crippen LogP contribution in [0.3, 0.4) is 0 Å². The number of aryl methyl sites for hydroxylation is 1. The van der Waals surface area contributed by atoms with Crippen LogP contribution in [-0.4, -0.2) is 29.2 Å². The van der Waals surface area contributed by atoms with Crippen molar-refractivity contribution in [3.8, 4) is 0 Å². The summed E-state index contributed by atoms with van der Waals surface area (Å²) in [5.74, 6) is 2.08. The lowest BCUT2D eigenvalue weighted by Gasteiger charge is -2.20. The molecule has 0 saturated heterocycles. The van der Waals surface area contributed by atoms with Crippen LogP contribution in [0, 0.1) is 6.92 Å². The van der Waals surface area contributed by atoms with E-state index in [0.717, 1.165) is 19.0 Å². The number of hydrogen-bond acceptors (Lipinski definition) is 4. The second-order valence-corrected chi connectivity index (χ2v) is 6.18. The van der Waals surface area contributed by atoms with Crippen molar-refractivity contribution in [2.75, 3.05) is 13.1 Å². The van der Waals surface area contributed by atoms with Gasteiger partial charge in [0.1, 0.15) is 6.54 Å². The van der Waals surface area contributed by atoms with Crippen molar-refractivity contribution in [1.29, 1.82) is 0 Å². The zero-order valence-electron chi connectivity index (χ0n) is 15.7. The first-order valence-corrected chi connectivity index (χ1v) is 9.17. The molecule has 1 aromatic heterocycles. The summed E-state index contributed by atoms with van der Waals surface area (Å²) in [6, 6.07) is 21.0.